The molecule has 0 aliphatic carbocycles. The number of benzene rings is 2. The lowest BCUT2D eigenvalue weighted by Gasteiger charge is -2.13. The number of aromatic nitrogens is 1. The first-order valence-electron chi connectivity index (χ1n) is 9.40. The molecule has 4 aromatic rings. The van der Waals surface area contributed by atoms with Crippen LogP contribution < -0.4 is 14.8 Å². The molecule has 0 spiro atoms. The SMILES string of the molecule is CCc1ccc2c(-c3ccc4c(c3)OCO4)cnc(NCc3ccco3)c2c1. The summed E-state index contributed by atoms with van der Waals surface area (Å²) in [4.78, 5) is 4.73. The average Bonchev–Trinajstić information content (AvgIpc) is 3.42. The number of anilines is 1. The van der Waals surface area contributed by atoms with Crippen molar-refractivity contribution in [2.45, 2.75) is 19.9 Å². The van der Waals surface area contributed by atoms with Gasteiger partial charge in [0.15, 0.2) is 11.5 Å². The molecule has 5 rings (SSSR count). The van der Waals surface area contributed by atoms with Crippen LogP contribution in [0.3, 0.4) is 0 Å². The van der Waals surface area contributed by atoms with Crippen LogP contribution in [0, 0.1) is 0 Å². The third kappa shape index (κ3) is 2.95. The van der Waals surface area contributed by atoms with Crippen molar-refractivity contribution in [3.8, 4) is 22.6 Å². The van der Waals surface area contributed by atoms with Gasteiger partial charge in [-0.1, -0.05) is 25.1 Å². The number of nitrogens with one attached hydrogen (secondary N) is 1. The van der Waals surface area contributed by atoms with Gasteiger partial charge in [0.1, 0.15) is 11.6 Å². The van der Waals surface area contributed by atoms with Crippen LogP contribution in [0.15, 0.2) is 65.4 Å². The molecule has 0 amide bonds. The third-order valence-corrected chi connectivity index (χ3v) is 5.05. The fourth-order valence-corrected chi connectivity index (χ4v) is 3.53. The molecule has 28 heavy (non-hydrogen) atoms. The Labute approximate surface area is 162 Å². The molecule has 1 aliphatic heterocycles. The zero-order valence-corrected chi connectivity index (χ0v) is 15.6. The third-order valence-electron chi connectivity index (χ3n) is 5.05. The van der Waals surface area contributed by atoms with Gasteiger partial charge in [0.05, 0.1) is 12.8 Å². The molecule has 5 heteroatoms. The van der Waals surface area contributed by atoms with Gasteiger partial charge >= 0.3 is 0 Å². The highest BCUT2D eigenvalue weighted by Crippen LogP contribution is 2.39. The predicted octanol–water partition coefficient (Wildman–Crippen LogP) is 5.40. The first-order valence-corrected chi connectivity index (χ1v) is 9.40. The van der Waals surface area contributed by atoms with Crippen LogP contribution in [-0.2, 0) is 13.0 Å². The molecule has 5 nitrogen and oxygen atoms in total. The van der Waals surface area contributed by atoms with Gasteiger partial charge in [-0.15, -0.1) is 0 Å². The maximum atomic E-state index is 5.55. The second-order valence-corrected chi connectivity index (χ2v) is 6.75. The number of fused-ring (bicyclic) bond motifs is 2. The quantitative estimate of drug-likeness (QED) is 0.508. The molecule has 0 saturated heterocycles. The molecule has 2 aromatic heterocycles. The molecule has 2 aromatic carbocycles. The number of hydrogen-bond donors (Lipinski definition) is 1. The van der Waals surface area contributed by atoms with E-state index < -0.39 is 0 Å². The Morgan fingerprint density at radius 2 is 1.93 bits per heavy atom. The zero-order chi connectivity index (χ0) is 18.9. The molecule has 0 atom stereocenters. The Bertz CT molecular complexity index is 1140. The van der Waals surface area contributed by atoms with Crippen LogP contribution in [0.1, 0.15) is 18.2 Å². The molecule has 0 radical (unpaired) electrons. The Morgan fingerprint density at radius 1 is 1.00 bits per heavy atom. The summed E-state index contributed by atoms with van der Waals surface area (Å²) < 4.78 is 16.4. The van der Waals surface area contributed by atoms with Crippen molar-refractivity contribution in [1.82, 2.24) is 4.98 Å². The maximum absolute atomic E-state index is 5.55. The van der Waals surface area contributed by atoms with Crippen LogP contribution in [0.25, 0.3) is 21.9 Å². The average molecular weight is 372 g/mol. The van der Waals surface area contributed by atoms with Gasteiger partial charge in [-0.3, -0.25) is 0 Å². The number of ether oxygens (including phenoxy) is 2. The van der Waals surface area contributed by atoms with Gasteiger partial charge < -0.3 is 19.2 Å². The van der Waals surface area contributed by atoms with Crippen LogP contribution >= 0.6 is 0 Å². The van der Waals surface area contributed by atoms with E-state index in [0.717, 1.165) is 51.4 Å². The normalized spacial score (nSPS) is 12.5. The lowest BCUT2D eigenvalue weighted by molar-refractivity contribution is 0.174. The number of nitrogens with zero attached hydrogens (tertiary/aromatic N) is 1. The largest absolute Gasteiger partial charge is 0.467 e. The number of rotatable bonds is 5. The highest BCUT2D eigenvalue weighted by molar-refractivity contribution is 6.02. The summed E-state index contributed by atoms with van der Waals surface area (Å²) in [6.45, 7) is 3.02. The zero-order valence-electron chi connectivity index (χ0n) is 15.6. The summed E-state index contributed by atoms with van der Waals surface area (Å²) in [6, 6.07) is 16.4. The van der Waals surface area contributed by atoms with Gasteiger partial charge in [-0.25, -0.2) is 4.98 Å². The van der Waals surface area contributed by atoms with E-state index in [9.17, 15) is 0 Å². The minimum Gasteiger partial charge on any atom is -0.467 e. The van der Waals surface area contributed by atoms with Gasteiger partial charge in [0.2, 0.25) is 6.79 Å². The van der Waals surface area contributed by atoms with Gasteiger partial charge in [-0.2, -0.15) is 0 Å². The summed E-state index contributed by atoms with van der Waals surface area (Å²) in [6.07, 6.45) is 4.57. The van der Waals surface area contributed by atoms with E-state index in [1.54, 1.807) is 6.26 Å². The number of pyridine rings is 1. The van der Waals surface area contributed by atoms with E-state index in [1.165, 1.54) is 5.56 Å². The number of aryl methyl sites for hydroxylation is 1. The van der Waals surface area contributed by atoms with Crippen molar-refractivity contribution in [3.63, 3.8) is 0 Å². The van der Waals surface area contributed by atoms with E-state index in [4.69, 9.17) is 18.9 Å². The fraction of sp³-hybridized carbons (Fsp3) is 0.174. The van der Waals surface area contributed by atoms with Crippen LogP contribution in [0.5, 0.6) is 11.5 Å². The van der Waals surface area contributed by atoms with Crippen molar-refractivity contribution in [3.05, 3.63) is 72.3 Å². The minimum atomic E-state index is 0.271. The summed E-state index contributed by atoms with van der Waals surface area (Å²) >= 11 is 0. The van der Waals surface area contributed by atoms with E-state index >= 15 is 0 Å². The Balaban J connectivity index is 1.60. The molecule has 0 fully saturated rings. The summed E-state index contributed by atoms with van der Waals surface area (Å²) in [5.74, 6) is 3.29. The minimum absolute atomic E-state index is 0.271. The van der Waals surface area contributed by atoms with Crippen molar-refractivity contribution in [2.24, 2.45) is 0 Å². The molecule has 0 unspecified atom stereocenters. The highest BCUT2D eigenvalue weighted by atomic mass is 16.7. The second kappa shape index (κ2) is 6.93. The van der Waals surface area contributed by atoms with E-state index in [1.807, 2.05) is 36.5 Å². The van der Waals surface area contributed by atoms with Crippen molar-refractivity contribution < 1.29 is 13.9 Å². The van der Waals surface area contributed by atoms with E-state index in [-0.39, 0.29) is 6.79 Å². The molecule has 0 bridgehead atoms. The van der Waals surface area contributed by atoms with Gasteiger partial charge in [0, 0.05) is 17.1 Å². The lowest BCUT2D eigenvalue weighted by Crippen LogP contribution is -2.02. The number of hydrogen-bond acceptors (Lipinski definition) is 5. The standard InChI is InChI=1S/C23H20N2O3/c1-2-15-5-7-18-19(10-15)23(24-12-17-4-3-9-26-17)25-13-20(18)16-6-8-21-22(11-16)28-14-27-21/h3-11,13H,2,12,14H2,1H3,(H,24,25). The fourth-order valence-electron chi connectivity index (χ4n) is 3.53. The Kier molecular flexibility index (Phi) is 4.13. The number of furan rings is 1. The van der Waals surface area contributed by atoms with Gasteiger partial charge in [0.25, 0.3) is 0 Å². The first kappa shape index (κ1) is 16.7. The molecule has 0 saturated carbocycles. The summed E-state index contributed by atoms with van der Waals surface area (Å²) in [5.41, 5.74) is 3.40. The van der Waals surface area contributed by atoms with E-state index in [0.29, 0.717) is 6.54 Å². The van der Waals surface area contributed by atoms with Crippen molar-refractivity contribution in [1.29, 1.82) is 0 Å². The van der Waals surface area contributed by atoms with Crippen molar-refractivity contribution in [2.75, 3.05) is 12.1 Å². The molecular formula is C23H20N2O3. The smallest absolute Gasteiger partial charge is 0.231 e. The molecule has 140 valence electrons. The van der Waals surface area contributed by atoms with E-state index in [2.05, 4.69) is 30.4 Å². The Morgan fingerprint density at radius 3 is 2.79 bits per heavy atom. The van der Waals surface area contributed by atoms with Gasteiger partial charge in [-0.05, 0) is 53.3 Å². The second-order valence-electron chi connectivity index (χ2n) is 6.75. The summed E-state index contributed by atoms with van der Waals surface area (Å²) in [5, 5.41) is 5.66. The molecular weight excluding hydrogens is 352 g/mol. The topological polar surface area (TPSA) is 56.5 Å². The molecule has 1 N–H and O–H groups in total. The van der Waals surface area contributed by atoms with Crippen molar-refractivity contribution >= 4 is 16.6 Å². The molecule has 3 heterocycles. The maximum Gasteiger partial charge on any atom is 0.231 e. The van der Waals surface area contributed by atoms with Crippen LogP contribution in [-0.4, -0.2) is 11.8 Å². The molecule has 1 aliphatic rings. The van der Waals surface area contributed by atoms with Crippen LogP contribution in [0.2, 0.25) is 0 Å². The predicted molar refractivity (Wildman–Crippen MR) is 109 cm³/mol. The lowest BCUT2D eigenvalue weighted by atomic mass is 9.98. The van der Waals surface area contributed by atoms with Crippen LogP contribution in [0.4, 0.5) is 5.82 Å². The first-order chi connectivity index (χ1) is 13.8. The highest BCUT2D eigenvalue weighted by Gasteiger charge is 2.16. The monoisotopic (exact) mass is 372 g/mol. The summed E-state index contributed by atoms with van der Waals surface area (Å²) in [7, 11) is 0. The Hall–Kier alpha value is -3.47.